The van der Waals surface area contributed by atoms with Crippen molar-refractivity contribution < 1.29 is 24.6 Å². The van der Waals surface area contributed by atoms with Crippen molar-refractivity contribution in [2.45, 2.75) is 13.8 Å². The van der Waals surface area contributed by atoms with E-state index in [-0.39, 0.29) is 5.56 Å². The quantitative estimate of drug-likeness (QED) is 0.606. The fourth-order valence-corrected chi connectivity index (χ4v) is 1.50. The van der Waals surface area contributed by atoms with Crippen LogP contribution in [0.5, 0.6) is 0 Å². The van der Waals surface area contributed by atoms with Crippen LogP contribution in [0.1, 0.15) is 21.5 Å². The van der Waals surface area contributed by atoms with Crippen LogP contribution in [0.2, 0.25) is 0 Å². The average molecular weight is 236 g/mol. The van der Waals surface area contributed by atoms with Gasteiger partial charge in [0.2, 0.25) is 5.92 Å². The van der Waals surface area contributed by atoms with Gasteiger partial charge in [-0.05, 0) is 25.0 Å². The Labute approximate surface area is 97.7 Å². The van der Waals surface area contributed by atoms with Crippen molar-refractivity contribution in [3.63, 3.8) is 0 Å². The van der Waals surface area contributed by atoms with Gasteiger partial charge in [-0.3, -0.25) is 14.4 Å². The lowest BCUT2D eigenvalue weighted by Gasteiger charge is -2.10. The minimum Gasteiger partial charge on any atom is -0.480 e. The summed E-state index contributed by atoms with van der Waals surface area (Å²) in [4.78, 5) is 33.3. The van der Waals surface area contributed by atoms with Crippen LogP contribution in [0, 0.1) is 19.8 Å². The first-order chi connectivity index (χ1) is 7.86. The highest BCUT2D eigenvalue weighted by atomic mass is 16.4. The third kappa shape index (κ3) is 2.50. The summed E-state index contributed by atoms with van der Waals surface area (Å²) in [5.74, 6) is -6.24. The van der Waals surface area contributed by atoms with Crippen LogP contribution in [-0.2, 0) is 9.59 Å². The minimum absolute atomic E-state index is 0.139. The molecule has 5 nitrogen and oxygen atoms in total. The zero-order valence-electron chi connectivity index (χ0n) is 9.43. The van der Waals surface area contributed by atoms with E-state index in [0.29, 0.717) is 5.56 Å². The Hall–Kier alpha value is -2.17. The number of carbonyl (C=O) groups is 3. The highest BCUT2D eigenvalue weighted by Gasteiger charge is 2.35. The molecule has 0 radical (unpaired) electrons. The topological polar surface area (TPSA) is 91.7 Å². The number of benzene rings is 1. The number of Topliss-reactive ketones (excluding diaryl/α,β-unsaturated/α-hetero) is 1. The van der Waals surface area contributed by atoms with Crippen molar-refractivity contribution in [1.82, 2.24) is 0 Å². The normalized spacial score (nSPS) is 10.3. The summed E-state index contributed by atoms with van der Waals surface area (Å²) in [5.41, 5.74) is 1.55. The standard InChI is InChI=1S/C12H12O5/c1-6-4-3-5-8(7(6)2)10(13)9(11(14)15)12(16)17/h3-5,9H,1-2H3,(H,14,15)(H,16,17). The third-order valence-corrected chi connectivity index (χ3v) is 2.63. The molecule has 90 valence electrons. The summed E-state index contributed by atoms with van der Waals surface area (Å²) in [5, 5.41) is 17.5. The maximum Gasteiger partial charge on any atom is 0.325 e. The SMILES string of the molecule is Cc1cccc(C(=O)C(C(=O)O)C(=O)O)c1C. The summed E-state index contributed by atoms with van der Waals surface area (Å²) in [6, 6.07) is 4.79. The Morgan fingerprint density at radius 1 is 1.06 bits per heavy atom. The molecule has 0 amide bonds. The lowest BCUT2D eigenvalue weighted by molar-refractivity contribution is -0.151. The molecule has 0 unspecified atom stereocenters. The minimum atomic E-state index is -2.05. The fourth-order valence-electron chi connectivity index (χ4n) is 1.50. The summed E-state index contributed by atoms with van der Waals surface area (Å²) in [6.45, 7) is 3.42. The first-order valence-corrected chi connectivity index (χ1v) is 4.92. The maximum atomic E-state index is 11.8. The smallest absolute Gasteiger partial charge is 0.325 e. The molecule has 0 aromatic heterocycles. The number of carboxylic acids is 2. The van der Waals surface area contributed by atoms with E-state index in [9.17, 15) is 14.4 Å². The number of carbonyl (C=O) groups excluding carboxylic acids is 1. The van der Waals surface area contributed by atoms with Gasteiger partial charge in [-0.1, -0.05) is 18.2 Å². The molecule has 0 aliphatic rings. The van der Waals surface area contributed by atoms with Crippen LogP contribution in [0.3, 0.4) is 0 Å². The molecule has 2 N–H and O–H groups in total. The molecule has 17 heavy (non-hydrogen) atoms. The fraction of sp³-hybridized carbons (Fsp3) is 0.250. The van der Waals surface area contributed by atoms with Crippen LogP contribution in [0.4, 0.5) is 0 Å². The van der Waals surface area contributed by atoms with E-state index < -0.39 is 23.6 Å². The van der Waals surface area contributed by atoms with Crippen LogP contribution in [0.15, 0.2) is 18.2 Å². The Balaban J connectivity index is 3.24. The maximum absolute atomic E-state index is 11.8. The Morgan fingerprint density at radius 2 is 1.59 bits per heavy atom. The molecule has 0 saturated carbocycles. The van der Waals surface area contributed by atoms with E-state index in [1.54, 1.807) is 26.0 Å². The molecule has 0 saturated heterocycles. The highest BCUT2D eigenvalue weighted by molar-refractivity contribution is 6.20. The summed E-state index contributed by atoms with van der Waals surface area (Å²) in [7, 11) is 0. The summed E-state index contributed by atoms with van der Waals surface area (Å²) < 4.78 is 0. The molecule has 1 rings (SSSR count). The van der Waals surface area contributed by atoms with E-state index >= 15 is 0 Å². The molecule has 0 fully saturated rings. The second-order valence-electron chi connectivity index (χ2n) is 3.72. The number of ketones is 1. The molecule has 0 spiro atoms. The lowest BCUT2D eigenvalue weighted by Crippen LogP contribution is -2.32. The number of hydrogen-bond donors (Lipinski definition) is 2. The van der Waals surface area contributed by atoms with E-state index in [0.717, 1.165) is 5.56 Å². The first-order valence-electron chi connectivity index (χ1n) is 4.92. The lowest BCUT2D eigenvalue weighted by atomic mass is 9.92. The van der Waals surface area contributed by atoms with Gasteiger partial charge < -0.3 is 10.2 Å². The Morgan fingerprint density at radius 3 is 2.06 bits per heavy atom. The van der Waals surface area contributed by atoms with Crippen LogP contribution in [0.25, 0.3) is 0 Å². The van der Waals surface area contributed by atoms with Crippen LogP contribution in [-0.4, -0.2) is 27.9 Å². The zero-order chi connectivity index (χ0) is 13.2. The van der Waals surface area contributed by atoms with Crippen molar-refractivity contribution in [2.24, 2.45) is 5.92 Å². The van der Waals surface area contributed by atoms with Crippen LogP contribution >= 0.6 is 0 Å². The van der Waals surface area contributed by atoms with Crippen molar-refractivity contribution in [1.29, 1.82) is 0 Å². The second kappa shape index (κ2) is 4.78. The molecule has 0 aliphatic heterocycles. The Bertz CT molecular complexity index is 476. The third-order valence-electron chi connectivity index (χ3n) is 2.63. The van der Waals surface area contributed by atoms with Crippen molar-refractivity contribution >= 4 is 17.7 Å². The molecular formula is C12H12O5. The van der Waals surface area contributed by atoms with Gasteiger partial charge in [-0.25, -0.2) is 0 Å². The number of carboxylic acid groups (broad SMARTS) is 2. The van der Waals surface area contributed by atoms with Gasteiger partial charge in [-0.2, -0.15) is 0 Å². The molecule has 1 aromatic carbocycles. The number of rotatable bonds is 4. The van der Waals surface area contributed by atoms with Crippen molar-refractivity contribution in [3.8, 4) is 0 Å². The van der Waals surface area contributed by atoms with Gasteiger partial charge in [0.25, 0.3) is 0 Å². The van der Waals surface area contributed by atoms with E-state index in [4.69, 9.17) is 10.2 Å². The summed E-state index contributed by atoms with van der Waals surface area (Å²) in [6.07, 6.45) is 0. The second-order valence-corrected chi connectivity index (χ2v) is 3.72. The number of aryl methyl sites for hydroxylation is 1. The molecule has 0 aliphatic carbocycles. The molecule has 1 aromatic rings. The molecular weight excluding hydrogens is 224 g/mol. The monoisotopic (exact) mass is 236 g/mol. The average Bonchev–Trinajstić information content (AvgIpc) is 2.20. The van der Waals surface area contributed by atoms with Crippen molar-refractivity contribution in [3.05, 3.63) is 34.9 Å². The number of hydrogen-bond acceptors (Lipinski definition) is 3. The number of aliphatic carboxylic acids is 2. The zero-order valence-corrected chi connectivity index (χ0v) is 9.43. The van der Waals surface area contributed by atoms with Gasteiger partial charge in [0.15, 0.2) is 5.78 Å². The predicted octanol–water partition coefficient (Wildman–Crippen LogP) is 1.27. The van der Waals surface area contributed by atoms with Gasteiger partial charge in [0, 0.05) is 5.56 Å². The largest absolute Gasteiger partial charge is 0.480 e. The van der Waals surface area contributed by atoms with Crippen LogP contribution < -0.4 is 0 Å². The molecule has 5 heteroatoms. The van der Waals surface area contributed by atoms with Gasteiger partial charge in [0.05, 0.1) is 0 Å². The van der Waals surface area contributed by atoms with Gasteiger partial charge in [0.1, 0.15) is 0 Å². The first kappa shape index (κ1) is 12.9. The van der Waals surface area contributed by atoms with E-state index in [2.05, 4.69) is 0 Å². The molecule has 0 atom stereocenters. The molecule has 0 bridgehead atoms. The van der Waals surface area contributed by atoms with Gasteiger partial charge in [-0.15, -0.1) is 0 Å². The highest BCUT2D eigenvalue weighted by Crippen LogP contribution is 2.17. The molecule has 0 heterocycles. The summed E-state index contributed by atoms with van der Waals surface area (Å²) >= 11 is 0. The van der Waals surface area contributed by atoms with E-state index in [1.165, 1.54) is 6.07 Å². The predicted molar refractivity (Wildman–Crippen MR) is 59.0 cm³/mol. The van der Waals surface area contributed by atoms with Gasteiger partial charge >= 0.3 is 11.9 Å². The Kier molecular flexibility index (Phi) is 3.62. The van der Waals surface area contributed by atoms with E-state index in [1.807, 2.05) is 0 Å². The van der Waals surface area contributed by atoms with Crippen molar-refractivity contribution in [2.75, 3.05) is 0 Å².